The molecule has 120 heavy (non-hydrogen) atoms. The lowest BCUT2D eigenvalue weighted by Gasteiger charge is -2.57. The number of nitrogens with zero attached hydrogens (tertiary/aromatic N) is 12. The van der Waals surface area contributed by atoms with Crippen molar-refractivity contribution in [3.63, 3.8) is 0 Å². The van der Waals surface area contributed by atoms with Gasteiger partial charge in [0.2, 0.25) is 0 Å². The first-order chi connectivity index (χ1) is 57.1. The molecule has 0 spiro atoms. The molecule has 34 atom stereocenters. The fraction of sp³-hybridized carbons (Fsp3) is 0.833. The number of sulfone groups is 1. The van der Waals surface area contributed by atoms with Crippen LogP contribution in [0.3, 0.4) is 0 Å². The Morgan fingerprint density at radius 1 is 0.367 bits per heavy atom. The largest absolute Gasteiger partial charge is 0.390 e. The molecule has 0 aromatic carbocycles. The molecule has 0 saturated heterocycles. The zero-order valence-corrected chi connectivity index (χ0v) is 76.4. The number of hydrogen-bond acceptors (Lipinski definition) is 17. The van der Waals surface area contributed by atoms with Crippen LogP contribution in [0.15, 0.2) is 49.6 Å². The molecule has 0 aliphatic heterocycles. The van der Waals surface area contributed by atoms with Gasteiger partial charge in [0.15, 0.2) is 9.84 Å². The highest BCUT2D eigenvalue weighted by atomic mass is 32.2. The van der Waals surface area contributed by atoms with Gasteiger partial charge in [0.25, 0.3) is 0 Å². The molecule has 0 amide bonds. The van der Waals surface area contributed by atoms with Gasteiger partial charge in [-0.15, -0.1) is 11.8 Å². The molecule has 4 aromatic heterocycles. The van der Waals surface area contributed by atoms with Gasteiger partial charge in [0.05, 0.1) is 80.6 Å². The smallest absolute Gasteiger partial charge is 0.173 e. The van der Waals surface area contributed by atoms with Gasteiger partial charge in [-0.25, -0.2) is 8.42 Å². The highest BCUT2D eigenvalue weighted by Gasteiger charge is 2.64. The van der Waals surface area contributed by atoms with Crippen molar-refractivity contribution in [3.8, 4) is 24.3 Å². The highest BCUT2D eigenvalue weighted by molar-refractivity contribution is 7.99. The Labute approximate surface area is 725 Å². The summed E-state index contributed by atoms with van der Waals surface area (Å²) in [7, 11) is -5.29. The van der Waals surface area contributed by atoms with Gasteiger partial charge in [0, 0.05) is 62.1 Å². The molecule has 16 aliphatic rings. The van der Waals surface area contributed by atoms with Crippen molar-refractivity contribution in [3.05, 3.63) is 71.8 Å². The molecular weight excluding hydrogens is 1580 g/mol. The topological polar surface area (TPSA) is 316 Å². The molecule has 4 heterocycles. The average Bonchev–Trinajstić information content (AvgIpc) is 1.51. The number of fused-ring (bicyclic) bond motifs is 20. The van der Waals surface area contributed by atoms with Crippen LogP contribution in [0.5, 0.6) is 0 Å². The van der Waals surface area contributed by atoms with Gasteiger partial charge in [-0.05, 0) is 399 Å². The molecule has 20 nitrogen and oxygen atoms in total. The summed E-state index contributed by atoms with van der Waals surface area (Å²) in [6, 6.07) is 8.41. The van der Waals surface area contributed by atoms with Gasteiger partial charge < -0.3 is 20.4 Å². The monoisotopic (exact) mass is 1720 g/mol. The molecular formula is C96H140N12O8S4. The summed E-state index contributed by atoms with van der Waals surface area (Å²) in [5.41, 5.74) is 0.953. The maximum Gasteiger partial charge on any atom is 0.173 e. The Morgan fingerprint density at radius 2 is 0.667 bits per heavy atom. The minimum atomic E-state index is -3.36. The fourth-order valence-corrected chi connectivity index (χ4v) is 40.2. The quantitative estimate of drug-likeness (QED) is 0.102. The van der Waals surface area contributed by atoms with Gasteiger partial charge in [-0.3, -0.25) is 27.1 Å². The first kappa shape index (κ1) is 87.3. The number of rotatable bonds is 12. The number of aromatic nitrogens is 8. The lowest BCUT2D eigenvalue weighted by Crippen LogP contribution is -2.52. The van der Waals surface area contributed by atoms with E-state index >= 15 is 0 Å². The second-order valence-corrected chi connectivity index (χ2v) is 51.3. The first-order valence-electron chi connectivity index (χ1n) is 47.3. The maximum absolute atomic E-state index is 13.4. The Morgan fingerprint density at radius 3 is 1.04 bits per heavy atom. The predicted molar refractivity (Wildman–Crippen MR) is 467 cm³/mol. The minimum Gasteiger partial charge on any atom is -0.390 e. The Kier molecular flexibility index (Phi) is 24.6. The number of aliphatic hydroxyl groups is 4. The van der Waals surface area contributed by atoms with Crippen LogP contribution in [0.4, 0.5) is 0 Å². The van der Waals surface area contributed by atoms with E-state index in [0.717, 1.165) is 167 Å². The second-order valence-electron chi connectivity index (χ2n) is 44.8. The second kappa shape index (κ2) is 33.8. The molecule has 16 saturated carbocycles. The normalized spacial score (nSPS) is 45.9. The van der Waals surface area contributed by atoms with Crippen LogP contribution in [0.1, 0.15) is 309 Å². The van der Waals surface area contributed by atoms with E-state index in [4.69, 9.17) is 21.0 Å². The van der Waals surface area contributed by atoms with E-state index in [2.05, 4.69) is 85.0 Å². The van der Waals surface area contributed by atoms with Gasteiger partial charge >= 0.3 is 0 Å². The third-order valence-corrected chi connectivity index (χ3v) is 45.7. The molecule has 656 valence electrons. The molecule has 0 unspecified atom stereocenters. The summed E-state index contributed by atoms with van der Waals surface area (Å²) >= 11 is 2.07. The molecule has 4 N–H and O–H groups in total. The molecule has 20 rings (SSSR count). The van der Waals surface area contributed by atoms with Crippen LogP contribution in [0, 0.1) is 185 Å². The van der Waals surface area contributed by atoms with E-state index in [9.17, 15) is 37.3 Å². The van der Waals surface area contributed by atoms with E-state index in [1.54, 1.807) is 40.3 Å². The predicted octanol–water partition coefficient (Wildman–Crippen LogP) is 17.6. The van der Waals surface area contributed by atoms with E-state index < -0.39 is 53.8 Å². The summed E-state index contributed by atoms with van der Waals surface area (Å²) in [4.78, 5) is 0. The van der Waals surface area contributed by atoms with Crippen LogP contribution < -0.4 is 0 Å². The Bertz CT molecular complexity index is 4550. The number of thioether (sulfide) groups is 1. The van der Waals surface area contributed by atoms with E-state index in [0.29, 0.717) is 97.9 Å². The van der Waals surface area contributed by atoms with Crippen LogP contribution in [-0.2, 0) is 54.9 Å². The SMILES string of the molecule is C[C@@]1(O)CC[C@H]2[C@H](CC[C@@H]3[C@@H]2CC[C@@]2(C)[C@H]3CC[C@@H]2S(=O)(=O)Cn2cc(C#N)cn2)C1.C[C@@]1(O)CC[C@H]2[C@H](CC[C@@H]3[C@@H]2CC[C@]2(C)[C@@H](SCn4cc(C#N)cn4)CC[C@@H]32)C1.C[C@@]1(O)CC[C@H]2[C@H](CC[C@@H]3[C@@H]2CC[C@]2(C)[C@@H]([S@@](=O)Cn4cc(C#N)cn4)CC[C@@H]32)C1.C[C@@]1(O)CC[C@H]2[C@H](CC[C@@H]3[C@@H]2CC[C@]2(C)[C@@H]([S@](=O)Cn4cc(C#N)cn4)CC[C@@H]32)C1. The summed E-state index contributed by atoms with van der Waals surface area (Å²) in [5, 5.41) is 96.1. The van der Waals surface area contributed by atoms with E-state index in [1.807, 2.05) is 37.7 Å². The van der Waals surface area contributed by atoms with Crippen molar-refractivity contribution >= 4 is 43.2 Å². The van der Waals surface area contributed by atoms with Crippen LogP contribution in [-0.4, -0.2) is 120 Å². The summed E-state index contributed by atoms with van der Waals surface area (Å²) in [6.07, 6.45) is 54.7. The number of nitriles is 4. The zero-order valence-electron chi connectivity index (χ0n) is 73.2. The Balaban J connectivity index is 0.000000114. The van der Waals surface area contributed by atoms with Crippen molar-refractivity contribution in [2.75, 3.05) is 0 Å². The lowest BCUT2D eigenvalue weighted by atomic mass is 9.50. The average molecular weight is 1720 g/mol. The van der Waals surface area contributed by atoms with Gasteiger partial charge in [0.1, 0.15) is 41.9 Å². The van der Waals surface area contributed by atoms with Crippen molar-refractivity contribution in [1.82, 2.24) is 39.1 Å². The molecule has 4 aromatic rings. The molecule has 24 heteroatoms. The zero-order chi connectivity index (χ0) is 84.4. The van der Waals surface area contributed by atoms with Crippen molar-refractivity contribution in [2.45, 2.75) is 353 Å². The van der Waals surface area contributed by atoms with Crippen molar-refractivity contribution in [2.24, 2.45) is 140 Å². The summed E-state index contributed by atoms with van der Waals surface area (Å²) in [6.45, 7) is 17.8. The summed E-state index contributed by atoms with van der Waals surface area (Å²) < 4.78 is 60.4. The number of hydrogen-bond donors (Lipinski definition) is 4. The molecule has 0 radical (unpaired) electrons. The van der Waals surface area contributed by atoms with Gasteiger partial charge in [-0.2, -0.15) is 41.4 Å². The maximum atomic E-state index is 13.4. The van der Waals surface area contributed by atoms with Crippen LogP contribution in [0.2, 0.25) is 0 Å². The van der Waals surface area contributed by atoms with E-state index in [-0.39, 0.29) is 37.9 Å². The third-order valence-electron chi connectivity index (χ3n) is 38.0. The fourth-order valence-electron chi connectivity index (χ4n) is 32.7. The van der Waals surface area contributed by atoms with Crippen LogP contribution >= 0.6 is 11.8 Å². The van der Waals surface area contributed by atoms with Crippen molar-refractivity contribution in [1.29, 1.82) is 21.0 Å². The molecule has 16 aliphatic carbocycles. The lowest BCUT2D eigenvalue weighted by molar-refractivity contribution is -0.0935. The standard InChI is InChI=1S/C24H35N3O3S.2C24H35N3O2S.C24H35N3OS/c1-23(28)9-7-18-17(11-23)3-4-20-19(18)8-10-24(2)21(20)5-6-22(24)31(29,30)15-27-14-16(12-25)13-26-27;2*1-23(28)9-7-18-17(11-23)3-4-20-19(18)8-10-24(2)21(20)5-6-22(24)30(29)15-27-14-16(12-25)13-26-27;1-23(28)9-7-18-17(11-23)3-4-20-19(18)8-10-24(2)21(20)5-6-22(24)29-15-27-14-16(12-25)13-26-27/h13-14,17-22,28H,3-11,15H2,1-2H3;2*13-14,17-22,28H,3-11,15H2,1-2H3;13-14,17-22,28H,3-11,15H2,1-2H3/t17-,18+,19-,20-,21+,22+,23-,24+;17-,18+,19-,20-,21+,22+,23-,24+,30+;17-,18+,19-,20-,21+,22+,23-,24+,30-;17-,18+,19-,20-,21+,22+,23-,24+/m1111/s1. The van der Waals surface area contributed by atoms with Crippen molar-refractivity contribution < 1.29 is 37.3 Å². The minimum absolute atomic E-state index is 0.129. The van der Waals surface area contributed by atoms with Crippen LogP contribution in [0.25, 0.3) is 0 Å². The third kappa shape index (κ3) is 16.8. The van der Waals surface area contributed by atoms with E-state index in [1.165, 1.54) is 152 Å². The summed E-state index contributed by atoms with van der Waals surface area (Å²) in [5.74, 6) is 16.7. The highest BCUT2D eigenvalue weighted by Crippen LogP contribution is 2.70. The first-order valence-corrected chi connectivity index (χ1v) is 52.8. The van der Waals surface area contributed by atoms with Gasteiger partial charge in [-0.1, -0.05) is 27.7 Å². The molecule has 16 fully saturated rings. The Hall–Kier alpha value is -4.76. The molecule has 0 bridgehead atoms.